The second-order valence-electron chi connectivity index (χ2n) is 2.88. The van der Waals surface area contributed by atoms with Gasteiger partial charge >= 0.3 is 8.56 Å². The lowest BCUT2D eigenvalue weighted by Gasteiger charge is -2.26. The topological polar surface area (TPSA) is 36.9 Å². The van der Waals surface area contributed by atoms with Gasteiger partial charge in [0.05, 0.1) is 23.7 Å². The predicted octanol–water partition coefficient (Wildman–Crippen LogP) is 0.569. The third-order valence-electron chi connectivity index (χ3n) is 2.30. The van der Waals surface area contributed by atoms with E-state index in [0.29, 0.717) is 5.95 Å². The van der Waals surface area contributed by atoms with Crippen LogP contribution in [0.3, 0.4) is 0 Å². The van der Waals surface area contributed by atoms with Crippen molar-refractivity contribution < 1.29 is 18.3 Å². The minimum Gasteiger partial charge on any atom is -0.469 e. The summed E-state index contributed by atoms with van der Waals surface area (Å²) < 4.78 is 21.3. The zero-order valence-corrected chi connectivity index (χ0v) is 12.3. The van der Waals surface area contributed by atoms with E-state index in [1.54, 1.807) is 28.4 Å². The zero-order chi connectivity index (χ0) is 11.2. The van der Waals surface area contributed by atoms with Gasteiger partial charge in [-0.1, -0.05) is 6.55 Å². The Morgan fingerprint density at radius 2 is 1.43 bits per heavy atom. The SMILES string of the molecule is COC(OC)=C([SiH2]C)[Si](C)(OC)OC. The highest BCUT2D eigenvalue weighted by atomic mass is 28.4. The fourth-order valence-corrected chi connectivity index (χ4v) is 6.56. The lowest BCUT2D eigenvalue weighted by molar-refractivity contribution is 0.0926. The van der Waals surface area contributed by atoms with Gasteiger partial charge in [0, 0.05) is 19.0 Å². The molecule has 0 heterocycles. The summed E-state index contributed by atoms with van der Waals surface area (Å²) in [7, 11) is 3.87. The molecular weight excluding hydrogens is 216 g/mol. The fraction of sp³-hybridized carbons (Fsp3) is 0.750. The Balaban J connectivity index is 5.11. The van der Waals surface area contributed by atoms with Gasteiger partial charge in [0.2, 0.25) is 0 Å². The maximum atomic E-state index is 5.46. The first kappa shape index (κ1) is 13.7. The van der Waals surface area contributed by atoms with Gasteiger partial charge in [-0.25, -0.2) is 0 Å². The van der Waals surface area contributed by atoms with Crippen molar-refractivity contribution in [2.75, 3.05) is 28.4 Å². The molecule has 0 N–H and O–H groups in total. The maximum Gasteiger partial charge on any atom is 0.367 e. The summed E-state index contributed by atoms with van der Waals surface area (Å²) in [6.07, 6.45) is 0. The number of rotatable bonds is 6. The standard InChI is InChI=1S/C8H20O4Si2/c1-9-7(10-2)8(13-5)14(6,11-3)12-4/h13H2,1-6H3. The summed E-state index contributed by atoms with van der Waals surface area (Å²) in [6.45, 7) is 4.16. The molecule has 0 bridgehead atoms. The van der Waals surface area contributed by atoms with Gasteiger partial charge in [-0.3, -0.25) is 0 Å². The lowest BCUT2D eigenvalue weighted by Crippen LogP contribution is -2.42. The van der Waals surface area contributed by atoms with Gasteiger partial charge in [-0.2, -0.15) is 0 Å². The van der Waals surface area contributed by atoms with Crippen LogP contribution in [0.4, 0.5) is 0 Å². The Morgan fingerprint density at radius 1 is 1.00 bits per heavy atom. The van der Waals surface area contributed by atoms with E-state index in [-0.39, 0.29) is 0 Å². The second kappa shape index (κ2) is 6.23. The summed E-state index contributed by atoms with van der Waals surface area (Å²) in [5.41, 5.74) is 0. The Morgan fingerprint density at radius 3 is 1.64 bits per heavy atom. The number of hydrogen-bond donors (Lipinski definition) is 0. The summed E-state index contributed by atoms with van der Waals surface area (Å²) in [4.78, 5) is 1.12. The van der Waals surface area contributed by atoms with Crippen LogP contribution in [0.25, 0.3) is 0 Å². The van der Waals surface area contributed by atoms with Gasteiger partial charge in [0.15, 0.2) is 0 Å². The zero-order valence-electron chi connectivity index (χ0n) is 9.84. The molecule has 0 aromatic rings. The molecule has 0 radical (unpaired) electrons. The molecule has 0 fully saturated rings. The Kier molecular flexibility index (Phi) is 6.09. The molecular formula is C8H20O4Si2. The average molecular weight is 236 g/mol. The second-order valence-corrected chi connectivity index (χ2v) is 8.31. The van der Waals surface area contributed by atoms with Crippen LogP contribution < -0.4 is 0 Å². The quantitative estimate of drug-likeness (QED) is 0.499. The van der Waals surface area contributed by atoms with E-state index in [1.165, 1.54) is 0 Å². The van der Waals surface area contributed by atoms with E-state index in [2.05, 4.69) is 6.55 Å². The van der Waals surface area contributed by atoms with Gasteiger partial charge in [-0.05, 0) is 6.55 Å². The van der Waals surface area contributed by atoms with E-state index < -0.39 is 18.1 Å². The van der Waals surface area contributed by atoms with Crippen molar-refractivity contribution in [2.45, 2.75) is 13.1 Å². The van der Waals surface area contributed by atoms with Gasteiger partial charge in [0.25, 0.3) is 5.95 Å². The number of methoxy groups -OCH3 is 2. The molecule has 0 rings (SSSR count). The molecule has 0 aliphatic rings. The summed E-state index contributed by atoms with van der Waals surface area (Å²) >= 11 is 0. The maximum absolute atomic E-state index is 5.46. The average Bonchev–Trinajstić information content (AvgIpc) is 2.24. The molecule has 14 heavy (non-hydrogen) atoms. The van der Waals surface area contributed by atoms with Crippen LogP contribution in [-0.4, -0.2) is 46.5 Å². The van der Waals surface area contributed by atoms with Crippen LogP contribution in [0, 0.1) is 0 Å². The minimum absolute atomic E-state index is 0.426. The first-order valence-corrected chi connectivity index (χ1v) is 8.95. The van der Waals surface area contributed by atoms with E-state index in [1.807, 2.05) is 6.55 Å². The number of hydrogen-bond acceptors (Lipinski definition) is 4. The van der Waals surface area contributed by atoms with Gasteiger partial charge in [-0.15, -0.1) is 0 Å². The Hall–Kier alpha value is -0.306. The third kappa shape index (κ3) is 2.84. The van der Waals surface area contributed by atoms with Crippen molar-refractivity contribution in [2.24, 2.45) is 0 Å². The van der Waals surface area contributed by atoms with Gasteiger partial charge < -0.3 is 18.3 Å². The Bertz CT molecular complexity index is 196. The fourth-order valence-electron chi connectivity index (χ4n) is 1.31. The van der Waals surface area contributed by atoms with E-state index in [4.69, 9.17) is 18.3 Å². The monoisotopic (exact) mass is 236 g/mol. The molecule has 0 aliphatic carbocycles. The molecule has 6 heteroatoms. The first-order valence-electron chi connectivity index (χ1n) is 4.51. The van der Waals surface area contributed by atoms with Crippen molar-refractivity contribution in [3.63, 3.8) is 0 Å². The molecule has 0 spiro atoms. The highest BCUT2D eigenvalue weighted by molar-refractivity contribution is 6.86. The van der Waals surface area contributed by atoms with Crippen LogP contribution in [0.2, 0.25) is 13.1 Å². The smallest absolute Gasteiger partial charge is 0.367 e. The normalized spacial score (nSPS) is 11.9. The molecule has 0 atom stereocenters. The molecule has 4 nitrogen and oxygen atoms in total. The molecule has 0 amide bonds. The van der Waals surface area contributed by atoms with E-state index in [0.717, 1.165) is 4.82 Å². The highest BCUT2D eigenvalue weighted by Crippen LogP contribution is 2.20. The van der Waals surface area contributed by atoms with Crippen LogP contribution in [0.1, 0.15) is 0 Å². The molecule has 0 unspecified atom stereocenters. The molecule has 84 valence electrons. The summed E-state index contributed by atoms with van der Waals surface area (Å²) in [5.74, 6) is 0.567. The van der Waals surface area contributed by atoms with Crippen molar-refractivity contribution in [1.82, 2.24) is 0 Å². The largest absolute Gasteiger partial charge is 0.469 e. The summed E-state index contributed by atoms with van der Waals surface area (Å²) in [5, 5.41) is 0. The van der Waals surface area contributed by atoms with E-state index >= 15 is 0 Å². The number of ether oxygens (including phenoxy) is 2. The van der Waals surface area contributed by atoms with Crippen LogP contribution in [0.5, 0.6) is 0 Å². The van der Waals surface area contributed by atoms with Crippen molar-refractivity contribution in [3.05, 3.63) is 10.8 Å². The molecule has 0 aromatic heterocycles. The molecule has 0 aliphatic heterocycles. The van der Waals surface area contributed by atoms with Crippen LogP contribution in [-0.2, 0) is 18.3 Å². The highest BCUT2D eigenvalue weighted by Gasteiger charge is 2.37. The molecule has 0 saturated carbocycles. The summed E-state index contributed by atoms with van der Waals surface area (Å²) in [6, 6.07) is 0. The molecule has 0 aromatic carbocycles. The van der Waals surface area contributed by atoms with Crippen molar-refractivity contribution in [3.8, 4) is 0 Å². The van der Waals surface area contributed by atoms with Crippen LogP contribution in [0.15, 0.2) is 10.8 Å². The van der Waals surface area contributed by atoms with E-state index in [9.17, 15) is 0 Å². The van der Waals surface area contributed by atoms with Gasteiger partial charge in [0.1, 0.15) is 0 Å². The van der Waals surface area contributed by atoms with Crippen molar-refractivity contribution in [1.29, 1.82) is 0 Å². The minimum atomic E-state index is -2.24. The first-order chi connectivity index (χ1) is 6.59. The Labute approximate surface area is 89.3 Å². The third-order valence-corrected chi connectivity index (χ3v) is 9.14. The molecule has 0 saturated heterocycles. The lowest BCUT2D eigenvalue weighted by atomic mass is 11.0. The predicted molar refractivity (Wildman–Crippen MR) is 61.1 cm³/mol. The van der Waals surface area contributed by atoms with Crippen molar-refractivity contribution >= 4 is 18.1 Å². The van der Waals surface area contributed by atoms with Crippen LogP contribution >= 0.6 is 0 Å².